The number of aromatic nitrogens is 3. The van der Waals surface area contributed by atoms with Gasteiger partial charge < -0.3 is 14.6 Å². The molecule has 1 aromatic heterocycles. The normalized spacial score (nSPS) is 10.5. The number of methoxy groups -OCH3 is 1. The van der Waals surface area contributed by atoms with Gasteiger partial charge in [-0.3, -0.25) is 0 Å². The molecule has 0 radical (unpaired) electrons. The highest BCUT2D eigenvalue weighted by Crippen LogP contribution is 2.20. The number of benzene rings is 1. The van der Waals surface area contributed by atoms with Gasteiger partial charge in [-0.25, -0.2) is 4.68 Å². The second-order valence-corrected chi connectivity index (χ2v) is 3.92. The monoisotopic (exact) mass is 263 g/mol. The summed E-state index contributed by atoms with van der Waals surface area (Å²) in [6.07, 6.45) is 0. The third kappa shape index (κ3) is 3.03. The Kier molecular flexibility index (Phi) is 4.35. The predicted molar refractivity (Wildman–Crippen MR) is 68.9 cm³/mol. The fraction of sp³-hybridized carbons (Fsp3) is 0.385. The molecule has 0 aliphatic carbocycles. The van der Waals surface area contributed by atoms with E-state index in [0.29, 0.717) is 24.6 Å². The lowest BCUT2D eigenvalue weighted by atomic mass is 10.3. The lowest BCUT2D eigenvalue weighted by molar-refractivity contribution is 0.261. The van der Waals surface area contributed by atoms with E-state index >= 15 is 0 Å². The molecule has 0 fully saturated rings. The SMILES string of the molecule is CCn1nnc(CO)c1COc1cccc(OC)c1. The lowest BCUT2D eigenvalue weighted by Crippen LogP contribution is -2.08. The molecule has 1 heterocycles. The largest absolute Gasteiger partial charge is 0.497 e. The Bertz CT molecular complexity index is 518. The van der Waals surface area contributed by atoms with Crippen LogP contribution in [0.3, 0.4) is 0 Å². The first kappa shape index (κ1) is 13.4. The van der Waals surface area contributed by atoms with Gasteiger partial charge in [0.25, 0.3) is 0 Å². The molecule has 0 aliphatic rings. The van der Waals surface area contributed by atoms with E-state index in [1.807, 2.05) is 25.1 Å². The van der Waals surface area contributed by atoms with Crippen LogP contribution in [0.4, 0.5) is 0 Å². The third-order valence-corrected chi connectivity index (χ3v) is 2.78. The van der Waals surface area contributed by atoms with Crippen molar-refractivity contribution in [3.05, 3.63) is 35.7 Å². The van der Waals surface area contributed by atoms with Crippen molar-refractivity contribution in [2.24, 2.45) is 0 Å². The highest BCUT2D eigenvalue weighted by molar-refractivity contribution is 5.33. The smallest absolute Gasteiger partial charge is 0.132 e. The second kappa shape index (κ2) is 6.19. The molecule has 6 nitrogen and oxygen atoms in total. The maximum absolute atomic E-state index is 9.22. The van der Waals surface area contributed by atoms with E-state index in [9.17, 15) is 5.11 Å². The molecule has 0 aliphatic heterocycles. The van der Waals surface area contributed by atoms with Gasteiger partial charge in [0.15, 0.2) is 0 Å². The average molecular weight is 263 g/mol. The number of rotatable bonds is 6. The van der Waals surface area contributed by atoms with Crippen LogP contribution >= 0.6 is 0 Å². The van der Waals surface area contributed by atoms with E-state index < -0.39 is 0 Å². The highest BCUT2D eigenvalue weighted by Gasteiger charge is 2.11. The Morgan fingerprint density at radius 3 is 2.79 bits per heavy atom. The van der Waals surface area contributed by atoms with Crippen LogP contribution in [0, 0.1) is 0 Å². The van der Waals surface area contributed by atoms with Crippen LogP contribution in [0.2, 0.25) is 0 Å². The fourth-order valence-corrected chi connectivity index (χ4v) is 1.75. The zero-order valence-electron chi connectivity index (χ0n) is 11.0. The van der Waals surface area contributed by atoms with Gasteiger partial charge in [0, 0.05) is 12.6 Å². The minimum Gasteiger partial charge on any atom is -0.497 e. The Balaban J connectivity index is 2.11. The van der Waals surface area contributed by atoms with Gasteiger partial charge in [-0.15, -0.1) is 5.10 Å². The Labute approximate surface area is 111 Å². The standard InChI is InChI=1S/C13H17N3O3/c1-3-16-13(12(8-17)14-15-16)9-19-11-6-4-5-10(7-11)18-2/h4-7,17H,3,8-9H2,1-2H3. The molecule has 0 unspecified atom stereocenters. The highest BCUT2D eigenvalue weighted by atomic mass is 16.5. The van der Waals surface area contributed by atoms with Crippen molar-refractivity contribution in [1.29, 1.82) is 0 Å². The summed E-state index contributed by atoms with van der Waals surface area (Å²) in [5, 5.41) is 17.1. The molecule has 2 aromatic rings. The molecule has 0 saturated heterocycles. The van der Waals surface area contributed by atoms with Crippen LogP contribution < -0.4 is 9.47 Å². The number of hydrogen-bond donors (Lipinski definition) is 1. The van der Waals surface area contributed by atoms with E-state index in [1.54, 1.807) is 17.9 Å². The Morgan fingerprint density at radius 2 is 2.11 bits per heavy atom. The summed E-state index contributed by atoms with van der Waals surface area (Å²) < 4.78 is 12.5. The molecular formula is C13H17N3O3. The molecule has 19 heavy (non-hydrogen) atoms. The first-order valence-electron chi connectivity index (χ1n) is 6.07. The summed E-state index contributed by atoms with van der Waals surface area (Å²) in [5.41, 5.74) is 1.33. The molecule has 1 aromatic carbocycles. The molecule has 0 saturated carbocycles. The maximum Gasteiger partial charge on any atom is 0.132 e. The summed E-state index contributed by atoms with van der Waals surface area (Å²) in [6, 6.07) is 7.36. The van der Waals surface area contributed by atoms with Crippen LogP contribution in [0.1, 0.15) is 18.3 Å². The van der Waals surface area contributed by atoms with Crippen molar-refractivity contribution >= 4 is 0 Å². The summed E-state index contributed by atoms with van der Waals surface area (Å²) in [6.45, 7) is 2.81. The number of aliphatic hydroxyl groups excluding tert-OH is 1. The van der Waals surface area contributed by atoms with Crippen molar-refractivity contribution in [2.75, 3.05) is 7.11 Å². The number of hydrogen-bond acceptors (Lipinski definition) is 5. The predicted octanol–water partition coefficient (Wildman–Crippen LogP) is 1.38. The van der Waals surface area contributed by atoms with Gasteiger partial charge >= 0.3 is 0 Å². The minimum absolute atomic E-state index is 0.142. The van der Waals surface area contributed by atoms with Crippen molar-refractivity contribution in [1.82, 2.24) is 15.0 Å². The lowest BCUT2D eigenvalue weighted by Gasteiger charge is -2.09. The molecule has 102 valence electrons. The van der Waals surface area contributed by atoms with Crippen LogP contribution in [0.15, 0.2) is 24.3 Å². The third-order valence-electron chi connectivity index (χ3n) is 2.78. The average Bonchev–Trinajstić information content (AvgIpc) is 2.87. The number of aliphatic hydroxyl groups is 1. The van der Waals surface area contributed by atoms with E-state index in [0.717, 1.165) is 11.4 Å². The fourth-order valence-electron chi connectivity index (χ4n) is 1.75. The number of ether oxygens (including phenoxy) is 2. The molecule has 0 spiro atoms. The van der Waals surface area contributed by atoms with Crippen molar-refractivity contribution in [2.45, 2.75) is 26.7 Å². The van der Waals surface area contributed by atoms with Crippen molar-refractivity contribution in [3.63, 3.8) is 0 Å². The van der Waals surface area contributed by atoms with Gasteiger partial charge in [-0.1, -0.05) is 11.3 Å². The van der Waals surface area contributed by atoms with Crippen molar-refractivity contribution < 1.29 is 14.6 Å². The topological polar surface area (TPSA) is 69.4 Å². The molecule has 0 amide bonds. The summed E-state index contributed by atoms with van der Waals surface area (Å²) in [4.78, 5) is 0. The van der Waals surface area contributed by atoms with Gasteiger partial charge in [-0.2, -0.15) is 0 Å². The van der Waals surface area contributed by atoms with Gasteiger partial charge in [0.05, 0.1) is 13.7 Å². The second-order valence-electron chi connectivity index (χ2n) is 3.92. The molecule has 0 atom stereocenters. The van der Waals surface area contributed by atoms with Gasteiger partial charge in [-0.05, 0) is 19.1 Å². The Hall–Kier alpha value is -2.08. The van der Waals surface area contributed by atoms with Gasteiger partial charge in [0.2, 0.25) is 0 Å². The van der Waals surface area contributed by atoms with E-state index in [1.165, 1.54) is 0 Å². The number of nitrogens with zero attached hydrogens (tertiary/aromatic N) is 3. The van der Waals surface area contributed by atoms with Crippen LogP contribution in [0.25, 0.3) is 0 Å². The quantitative estimate of drug-likeness (QED) is 0.852. The molecule has 0 bridgehead atoms. The molecule has 6 heteroatoms. The first-order valence-corrected chi connectivity index (χ1v) is 6.07. The van der Waals surface area contributed by atoms with Crippen molar-refractivity contribution in [3.8, 4) is 11.5 Å². The molecule has 2 rings (SSSR count). The zero-order chi connectivity index (χ0) is 13.7. The van der Waals surface area contributed by atoms with Gasteiger partial charge in [0.1, 0.15) is 29.5 Å². The van der Waals surface area contributed by atoms with Crippen LogP contribution in [-0.4, -0.2) is 27.2 Å². The minimum atomic E-state index is -0.142. The summed E-state index contributed by atoms with van der Waals surface area (Å²) in [5.74, 6) is 1.44. The van der Waals surface area contributed by atoms with Crippen LogP contribution in [-0.2, 0) is 19.8 Å². The van der Waals surface area contributed by atoms with E-state index in [-0.39, 0.29) is 6.61 Å². The summed E-state index contributed by atoms with van der Waals surface area (Å²) >= 11 is 0. The maximum atomic E-state index is 9.22. The van der Waals surface area contributed by atoms with E-state index in [4.69, 9.17) is 9.47 Å². The van der Waals surface area contributed by atoms with Crippen LogP contribution in [0.5, 0.6) is 11.5 Å². The first-order chi connectivity index (χ1) is 9.28. The summed E-state index contributed by atoms with van der Waals surface area (Å²) in [7, 11) is 1.61. The Morgan fingerprint density at radius 1 is 1.32 bits per heavy atom. The van der Waals surface area contributed by atoms with E-state index in [2.05, 4.69) is 10.3 Å². The molecular weight excluding hydrogens is 246 g/mol. The number of aryl methyl sites for hydroxylation is 1. The molecule has 1 N–H and O–H groups in total. The zero-order valence-corrected chi connectivity index (χ0v) is 11.0.